The molecule has 0 unspecified atom stereocenters. The van der Waals surface area contributed by atoms with Crippen molar-refractivity contribution in [2.75, 3.05) is 38.6 Å². The zero-order valence-corrected chi connectivity index (χ0v) is 19.2. The van der Waals surface area contributed by atoms with E-state index in [1.165, 1.54) is 24.5 Å². The maximum Gasteiger partial charge on any atom is 0.349 e. The number of piperazine rings is 1. The van der Waals surface area contributed by atoms with Crippen LogP contribution in [0.25, 0.3) is 10.1 Å². The summed E-state index contributed by atoms with van der Waals surface area (Å²) in [4.78, 5) is 16.7. The van der Waals surface area contributed by atoms with Gasteiger partial charge >= 0.3 is 5.97 Å². The van der Waals surface area contributed by atoms with Crippen LogP contribution in [0.1, 0.15) is 15.2 Å². The molecule has 0 amide bonds. The van der Waals surface area contributed by atoms with Gasteiger partial charge in [0.2, 0.25) is 0 Å². The van der Waals surface area contributed by atoms with Crippen LogP contribution in [0.4, 0.5) is 10.1 Å². The number of thiocarbonyl (C=S) groups is 1. The molecule has 1 aliphatic rings. The zero-order chi connectivity index (χ0) is 22.0. The van der Waals surface area contributed by atoms with E-state index in [1.807, 2.05) is 24.3 Å². The van der Waals surface area contributed by atoms with E-state index in [0.717, 1.165) is 54.1 Å². The van der Waals surface area contributed by atoms with E-state index in [0.29, 0.717) is 15.0 Å². The molecule has 4 rings (SSSR count). The molecule has 0 atom stereocenters. The van der Waals surface area contributed by atoms with Gasteiger partial charge in [-0.15, -0.1) is 11.3 Å². The molecule has 3 aromatic rings. The van der Waals surface area contributed by atoms with Gasteiger partial charge in [0.05, 0.1) is 12.1 Å². The lowest BCUT2D eigenvalue weighted by molar-refractivity contribution is 0.0606. The van der Waals surface area contributed by atoms with Gasteiger partial charge < -0.3 is 15.0 Å². The Labute approximate surface area is 194 Å². The molecule has 2 aromatic carbocycles. The number of halogens is 2. The van der Waals surface area contributed by atoms with Gasteiger partial charge in [0.15, 0.2) is 5.11 Å². The molecule has 5 nitrogen and oxygen atoms in total. The average molecular weight is 478 g/mol. The summed E-state index contributed by atoms with van der Waals surface area (Å²) in [6.45, 7) is 4.01. The Bertz CT molecular complexity index is 1130. The Morgan fingerprint density at radius 2 is 2.00 bits per heavy atom. The first-order chi connectivity index (χ1) is 14.9. The summed E-state index contributed by atoms with van der Waals surface area (Å²) in [7, 11) is 1.34. The number of esters is 1. The maximum atomic E-state index is 13.4. The minimum atomic E-state index is -0.438. The van der Waals surface area contributed by atoms with E-state index >= 15 is 0 Å². The van der Waals surface area contributed by atoms with Gasteiger partial charge in [0.1, 0.15) is 10.7 Å². The Morgan fingerprint density at radius 1 is 1.23 bits per heavy atom. The highest BCUT2D eigenvalue weighted by molar-refractivity contribution is 7.80. The lowest BCUT2D eigenvalue weighted by atomic mass is 10.2. The minimum absolute atomic E-state index is 0.204. The van der Waals surface area contributed by atoms with Gasteiger partial charge in [0, 0.05) is 48.5 Å². The third-order valence-electron chi connectivity index (χ3n) is 5.21. The second-order valence-corrected chi connectivity index (χ2v) is 9.09. The summed E-state index contributed by atoms with van der Waals surface area (Å²) in [5, 5.41) is 5.16. The molecule has 162 valence electrons. The van der Waals surface area contributed by atoms with E-state index in [1.54, 1.807) is 12.1 Å². The number of thiophene rings is 1. The summed E-state index contributed by atoms with van der Waals surface area (Å²) in [5.41, 5.74) is 1.82. The monoisotopic (exact) mass is 477 g/mol. The number of nitrogens with one attached hydrogen (secondary N) is 1. The van der Waals surface area contributed by atoms with Crippen molar-refractivity contribution in [3.05, 3.63) is 63.7 Å². The predicted octanol–water partition coefficient (Wildman–Crippen LogP) is 5.00. The Hall–Kier alpha value is -2.26. The van der Waals surface area contributed by atoms with Crippen molar-refractivity contribution in [2.45, 2.75) is 6.54 Å². The van der Waals surface area contributed by atoms with Gasteiger partial charge in [-0.1, -0.05) is 23.7 Å². The van der Waals surface area contributed by atoms with Gasteiger partial charge in [-0.05, 0) is 48.1 Å². The van der Waals surface area contributed by atoms with E-state index in [9.17, 15) is 9.18 Å². The molecule has 0 radical (unpaired) electrons. The summed E-state index contributed by atoms with van der Waals surface area (Å²) < 4.78 is 19.1. The third kappa shape index (κ3) is 4.98. The fourth-order valence-electron chi connectivity index (χ4n) is 3.57. The first-order valence-corrected chi connectivity index (χ1v) is 11.4. The smallest absolute Gasteiger partial charge is 0.349 e. The Morgan fingerprint density at radius 3 is 2.71 bits per heavy atom. The summed E-state index contributed by atoms with van der Waals surface area (Å²) >= 11 is 13.2. The van der Waals surface area contributed by atoms with Crippen LogP contribution in [0, 0.1) is 5.82 Å². The van der Waals surface area contributed by atoms with E-state index in [2.05, 4.69) is 15.1 Å². The lowest BCUT2D eigenvalue weighted by Gasteiger charge is -2.36. The van der Waals surface area contributed by atoms with Gasteiger partial charge in [0.25, 0.3) is 0 Å². The molecule has 0 saturated carbocycles. The van der Waals surface area contributed by atoms with E-state index in [4.69, 9.17) is 28.6 Å². The third-order valence-corrected chi connectivity index (χ3v) is 7.20. The molecule has 1 fully saturated rings. The number of hydrogen-bond donors (Lipinski definition) is 1. The van der Waals surface area contributed by atoms with Crippen LogP contribution >= 0.6 is 35.2 Å². The van der Waals surface area contributed by atoms with Crippen molar-refractivity contribution >= 4 is 62.0 Å². The van der Waals surface area contributed by atoms with E-state index < -0.39 is 5.97 Å². The highest BCUT2D eigenvalue weighted by atomic mass is 35.5. The largest absolute Gasteiger partial charge is 0.465 e. The predicted molar refractivity (Wildman–Crippen MR) is 128 cm³/mol. The van der Waals surface area contributed by atoms with Crippen molar-refractivity contribution in [2.24, 2.45) is 0 Å². The first-order valence-electron chi connectivity index (χ1n) is 9.77. The van der Waals surface area contributed by atoms with Crippen molar-refractivity contribution in [1.29, 1.82) is 0 Å². The standard InChI is InChI=1S/C22H21ClFN3O2S2/c1-29-21(28)20-19(23)17-6-5-16(12-18(17)31-20)25-22(30)27-9-7-26(8-10-27)13-14-3-2-4-15(24)11-14/h2-6,11-12H,7-10,13H2,1H3,(H,25,30). The zero-order valence-electron chi connectivity index (χ0n) is 16.9. The number of carbonyl (C=O) groups is 1. The van der Waals surface area contributed by atoms with Crippen LogP contribution in [0.3, 0.4) is 0 Å². The SMILES string of the molecule is COC(=O)c1sc2cc(NC(=S)N3CCN(Cc4cccc(F)c4)CC3)ccc2c1Cl. The van der Waals surface area contributed by atoms with E-state index in [-0.39, 0.29) is 5.82 Å². The summed E-state index contributed by atoms with van der Waals surface area (Å²) in [6, 6.07) is 12.4. The number of anilines is 1. The Kier molecular flexibility index (Phi) is 6.71. The number of nitrogens with zero attached hydrogens (tertiary/aromatic N) is 2. The molecule has 31 heavy (non-hydrogen) atoms. The van der Waals surface area contributed by atoms with Crippen LogP contribution in [-0.4, -0.2) is 54.2 Å². The van der Waals surface area contributed by atoms with Gasteiger partial charge in [-0.3, -0.25) is 4.90 Å². The summed E-state index contributed by atoms with van der Waals surface area (Å²) in [5.74, 6) is -0.642. The quantitative estimate of drug-likeness (QED) is 0.421. The fraction of sp³-hybridized carbons (Fsp3) is 0.273. The van der Waals surface area contributed by atoms with Crippen LogP contribution in [0.2, 0.25) is 5.02 Å². The molecule has 1 N–H and O–H groups in total. The minimum Gasteiger partial charge on any atom is -0.465 e. The molecule has 0 spiro atoms. The number of rotatable bonds is 4. The van der Waals surface area contributed by atoms with Gasteiger partial charge in [-0.2, -0.15) is 0 Å². The topological polar surface area (TPSA) is 44.8 Å². The average Bonchev–Trinajstić information content (AvgIpc) is 3.09. The molecule has 1 saturated heterocycles. The molecular formula is C22H21ClFN3O2S2. The van der Waals surface area contributed by atoms with Crippen LogP contribution < -0.4 is 5.32 Å². The van der Waals surface area contributed by atoms with Crippen LogP contribution in [0.5, 0.6) is 0 Å². The highest BCUT2D eigenvalue weighted by Gasteiger charge is 2.20. The lowest BCUT2D eigenvalue weighted by Crippen LogP contribution is -2.49. The highest BCUT2D eigenvalue weighted by Crippen LogP contribution is 2.37. The molecular weight excluding hydrogens is 457 g/mol. The maximum absolute atomic E-state index is 13.4. The second-order valence-electron chi connectivity index (χ2n) is 7.27. The first kappa shape index (κ1) is 22.0. The number of ether oxygens (including phenoxy) is 1. The van der Waals surface area contributed by atoms with Crippen LogP contribution in [-0.2, 0) is 11.3 Å². The molecule has 0 bridgehead atoms. The Balaban J connectivity index is 1.36. The number of fused-ring (bicyclic) bond motifs is 1. The van der Waals surface area contributed by atoms with Crippen molar-refractivity contribution in [3.63, 3.8) is 0 Å². The number of benzene rings is 2. The van der Waals surface area contributed by atoms with Crippen molar-refractivity contribution in [3.8, 4) is 0 Å². The molecule has 2 heterocycles. The van der Waals surface area contributed by atoms with Crippen LogP contribution in [0.15, 0.2) is 42.5 Å². The fourth-order valence-corrected chi connectivity index (χ4v) is 5.34. The number of methoxy groups -OCH3 is 1. The molecule has 1 aromatic heterocycles. The summed E-state index contributed by atoms with van der Waals surface area (Å²) in [6.07, 6.45) is 0. The van der Waals surface area contributed by atoms with Gasteiger partial charge in [-0.25, -0.2) is 9.18 Å². The second kappa shape index (κ2) is 9.48. The number of carbonyl (C=O) groups excluding carboxylic acids is 1. The van der Waals surface area contributed by atoms with Crippen molar-refractivity contribution in [1.82, 2.24) is 9.80 Å². The van der Waals surface area contributed by atoms with Crippen molar-refractivity contribution < 1.29 is 13.9 Å². The molecule has 0 aliphatic carbocycles. The molecule has 9 heteroatoms. The molecule has 1 aliphatic heterocycles. The number of hydrogen-bond acceptors (Lipinski definition) is 5. The normalized spacial score (nSPS) is 14.6.